The van der Waals surface area contributed by atoms with Crippen molar-refractivity contribution in [3.63, 3.8) is 0 Å². The lowest BCUT2D eigenvalue weighted by Crippen LogP contribution is -2.31. The number of ketones is 1. The van der Waals surface area contributed by atoms with Crippen LogP contribution in [0.15, 0.2) is 36.4 Å². The normalized spacial score (nSPS) is 14.9. The molecule has 0 saturated carbocycles. The molecule has 7 heteroatoms. The van der Waals surface area contributed by atoms with E-state index in [-0.39, 0.29) is 17.1 Å². The van der Waals surface area contributed by atoms with Crippen molar-refractivity contribution < 1.29 is 19.1 Å². The number of rotatable bonds is 3. The van der Waals surface area contributed by atoms with Crippen LogP contribution in [-0.2, 0) is 14.3 Å². The summed E-state index contributed by atoms with van der Waals surface area (Å²) >= 11 is 12.1. The van der Waals surface area contributed by atoms with Crippen molar-refractivity contribution in [2.24, 2.45) is 0 Å². The zero-order chi connectivity index (χ0) is 19.9. The molecule has 0 aliphatic carbocycles. The maximum Gasteiger partial charge on any atom is 0.269 e. The predicted molar refractivity (Wildman–Crippen MR) is 105 cm³/mol. The first-order valence-corrected chi connectivity index (χ1v) is 8.76. The van der Waals surface area contributed by atoms with Crippen molar-refractivity contribution in [1.82, 2.24) is 0 Å². The first kappa shape index (κ1) is 19.1. The van der Waals surface area contributed by atoms with Crippen molar-refractivity contribution in [3.05, 3.63) is 63.1 Å². The fraction of sp³-hybridized carbons (Fsp3) is 0.150. The zero-order valence-corrected chi connectivity index (χ0v) is 16.3. The van der Waals surface area contributed by atoms with Gasteiger partial charge in [0.1, 0.15) is 5.76 Å². The molecule has 1 heterocycles. The summed E-state index contributed by atoms with van der Waals surface area (Å²) in [6, 6.07) is 9.59. The number of benzene rings is 2. The summed E-state index contributed by atoms with van der Waals surface area (Å²) in [7, 11) is 1.42. The van der Waals surface area contributed by atoms with Gasteiger partial charge in [0.25, 0.3) is 5.91 Å². The van der Waals surface area contributed by atoms with Crippen LogP contribution in [0.2, 0.25) is 10.0 Å². The lowest BCUT2D eigenvalue weighted by molar-refractivity contribution is -0.122. The molecule has 5 nitrogen and oxygen atoms in total. The van der Waals surface area contributed by atoms with E-state index in [9.17, 15) is 14.4 Å². The molecule has 0 unspecified atom stereocenters. The number of hydrogen-bond acceptors (Lipinski definition) is 4. The number of fused-ring (bicyclic) bond motifs is 1. The first-order valence-electron chi connectivity index (χ1n) is 8.00. The van der Waals surface area contributed by atoms with Gasteiger partial charge in [-0.3, -0.25) is 14.4 Å². The second-order valence-corrected chi connectivity index (χ2v) is 6.80. The summed E-state index contributed by atoms with van der Waals surface area (Å²) in [6.07, 6.45) is 0. The molecule has 0 aromatic heterocycles. The molecule has 27 heavy (non-hydrogen) atoms. The fourth-order valence-electron chi connectivity index (χ4n) is 3.02. The summed E-state index contributed by atoms with van der Waals surface area (Å²) in [5.41, 5.74) is 1.99. The van der Waals surface area contributed by atoms with E-state index in [0.717, 1.165) is 4.90 Å². The Bertz CT molecular complexity index is 1030. The Morgan fingerprint density at radius 3 is 2.19 bits per heavy atom. The number of imide groups is 1. The second kappa shape index (κ2) is 7.18. The molecular formula is C20H15Cl2NO4. The lowest BCUT2D eigenvalue weighted by atomic mass is 9.99. The van der Waals surface area contributed by atoms with E-state index in [0.29, 0.717) is 32.4 Å². The fourth-order valence-corrected chi connectivity index (χ4v) is 3.32. The minimum absolute atomic E-state index is 0.153. The molecule has 2 aromatic rings. The number of Topliss-reactive ketones (excluding diaryl/α,β-unsaturated/α-hetero) is 1. The molecule has 0 radical (unpaired) electrons. The topological polar surface area (TPSA) is 63.7 Å². The number of methoxy groups -OCH3 is 1. The summed E-state index contributed by atoms with van der Waals surface area (Å²) < 4.78 is 5.51. The Morgan fingerprint density at radius 1 is 0.963 bits per heavy atom. The quantitative estimate of drug-likeness (QED) is 0.426. The molecule has 1 aliphatic rings. The molecule has 2 amide bonds. The highest BCUT2D eigenvalue weighted by molar-refractivity contribution is 6.44. The minimum Gasteiger partial charge on any atom is -0.495 e. The maximum absolute atomic E-state index is 13.0. The van der Waals surface area contributed by atoms with E-state index < -0.39 is 11.8 Å². The summed E-state index contributed by atoms with van der Waals surface area (Å²) in [5.74, 6) is -0.874. The van der Waals surface area contributed by atoms with Gasteiger partial charge in [-0.1, -0.05) is 23.2 Å². The van der Waals surface area contributed by atoms with Crippen LogP contribution in [0.5, 0.6) is 0 Å². The summed E-state index contributed by atoms with van der Waals surface area (Å²) in [5, 5.41) is 0.666. The van der Waals surface area contributed by atoms with Gasteiger partial charge in [-0.05, 0) is 43.3 Å². The highest BCUT2D eigenvalue weighted by atomic mass is 35.5. The Morgan fingerprint density at radius 2 is 1.63 bits per heavy atom. The van der Waals surface area contributed by atoms with Crippen LogP contribution in [-0.4, -0.2) is 24.7 Å². The van der Waals surface area contributed by atoms with Crippen molar-refractivity contribution >= 4 is 57.8 Å². The maximum atomic E-state index is 13.0. The van der Waals surface area contributed by atoms with Gasteiger partial charge in [-0.2, -0.15) is 0 Å². The van der Waals surface area contributed by atoms with Crippen LogP contribution >= 0.6 is 23.2 Å². The van der Waals surface area contributed by atoms with Gasteiger partial charge in [-0.25, -0.2) is 4.90 Å². The standard InChI is InChI=1S/C20H15Cl2NO4/c1-10(24)12-5-7-17-14(8-12)18(20(26)23(17)11(2)25)19(27-3)13-4-6-15(21)16(22)9-13/h4-9H,1-3H3/b19-18-. The largest absolute Gasteiger partial charge is 0.495 e. The number of nitrogens with zero attached hydrogens (tertiary/aromatic N) is 1. The highest BCUT2D eigenvalue weighted by Crippen LogP contribution is 2.42. The average Bonchev–Trinajstić information content (AvgIpc) is 2.90. The zero-order valence-electron chi connectivity index (χ0n) is 14.8. The third kappa shape index (κ3) is 3.24. The summed E-state index contributed by atoms with van der Waals surface area (Å²) in [6.45, 7) is 2.73. The second-order valence-electron chi connectivity index (χ2n) is 5.98. The third-order valence-corrected chi connectivity index (χ3v) is 5.00. The third-order valence-electron chi connectivity index (χ3n) is 4.26. The minimum atomic E-state index is -0.527. The number of carbonyl (C=O) groups excluding carboxylic acids is 3. The van der Waals surface area contributed by atoms with Gasteiger partial charge in [0.15, 0.2) is 5.78 Å². The van der Waals surface area contributed by atoms with Crippen LogP contribution in [0.25, 0.3) is 11.3 Å². The van der Waals surface area contributed by atoms with Crippen molar-refractivity contribution in [2.45, 2.75) is 13.8 Å². The molecular weight excluding hydrogens is 389 g/mol. The number of hydrogen-bond donors (Lipinski definition) is 0. The van der Waals surface area contributed by atoms with Gasteiger partial charge < -0.3 is 4.74 Å². The van der Waals surface area contributed by atoms with Crippen molar-refractivity contribution in [2.75, 3.05) is 12.0 Å². The molecule has 0 saturated heterocycles. The lowest BCUT2D eigenvalue weighted by Gasteiger charge is -2.13. The summed E-state index contributed by atoms with van der Waals surface area (Å²) in [4.78, 5) is 38.0. The average molecular weight is 404 g/mol. The van der Waals surface area contributed by atoms with Gasteiger partial charge in [0.2, 0.25) is 5.91 Å². The van der Waals surface area contributed by atoms with Gasteiger partial charge in [-0.15, -0.1) is 0 Å². The molecule has 138 valence electrons. The molecule has 1 aliphatic heterocycles. The Balaban J connectivity index is 2.33. The van der Waals surface area contributed by atoms with Crippen LogP contribution < -0.4 is 4.90 Å². The number of halogens is 2. The number of anilines is 1. The van der Waals surface area contributed by atoms with E-state index in [4.69, 9.17) is 27.9 Å². The van der Waals surface area contributed by atoms with Gasteiger partial charge in [0, 0.05) is 23.6 Å². The monoisotopic (exact) mass is 403 g/mol. The van der Waals surface area contributed by atoms with Crippen LogP contribution in [0.4, 0.5) is 5.69 Å². The predicted octanol–water partition coefficient (Wildman–Crippen LogP) is 4.60. The van der Waals surface area contributed by atoms with Crippen LogP contribution in [0.3, 0.4) is 0 Å². The van der Waals surface area contributed by atoms with E-state index in [1.54, 1.807) is 36.4 Å². The number of ether oxygens (including phenoxy) is 1. The van der Waals surface area contributed by atoms with E-state index in [1.165, 1.54) is 21.0 Å². The SMILES string of the molecule is CO/C(=C1\C(=O)N(C(C)=O)c2ccc(C(C)=O)cc21)c1ccc(Cl)c(Cl)c1. The Hall–Kier alpha value is -2.63. The molecule has 2 aromatic carbocycles. The molecule has 0 spiro atoms. The Labute approximate surface area is 166 Å². The molecule has 0 N–H and O–H groups in total. The van der Waals surface area contributed by atoms with E-state index in [2.05, 4.69) is 0 Å². The van der Waals surface area contributed by atoms with E-state index in [1.807, 2.05) is 0 Å². The van der Waals surface area contributed by atoms with Crippen LogP contribution in [0.1, 0.15) is 35.3 Å². The van der Waals surface area contributed by atoms with Crippen molar-refractivity contribution in [1.29, 1.82) is 0 Å². The molecule has 0 fully saturated rings. The molecule has 3 rings (SSSR count). The number of carbonyl (C=O) groups is 3. The van der Waals surface area contributed by atoms with E-state index >= 15 is 0 Å². The number of amides is 2. The smallest absolute Gasteiger partial charge is 0.269 e. The van der Waals surface area contributed by atoms with Gasteiger partial charge in [0.05, 0.1) is 28.4 Å². The Kier molecular flexibility index (Phi) is 5.09. The molecule has 0 bridgehead atoms. The highest BCUT2D eigenvalue weighted by Gasteiger charge is 2.38. The van der Waals surface area contributed by atoms with Crippen LogP contribution in [0, 0.1) is 0 Å². The van der Waals surface area contributed by atoms with Gasteiger partial charge >= 0.3 is 0 Å². The first-order chi connectivity index (χ1) is 12.8. The van der Waals surface area contributed by atoms with Crippen molar-refractivity contribution in [3.8, 4) is 0 Å². The molecule has 0 atom stereocenters.